The number of carbonyl (C=O) groups excluding carboxylic acids is 1. The average molecular weight is 321 g/mol. The van der Waals surface area contributed by atoms with Gasteiger partial charge in [-0.05, 0) is 24.6 Å². The summed E-state index contributed by atoms with van der Waals surface area (Å²) in [5.74, 6) is 0.376. The molecule has 20 heavy (non-hydrogen) atoms. The van der Waals surface area contributed by atoms with Crippen molar-refractivity contribution in [2.45, 2.75) is 17.7 Å². The van der Waals surface area contributed by atoms with E-state index in [1.807, 2.05) is 0 Å². The molecule has 1 aromatic carbocycles. The average Bonchev–Trinajstić information content (AvgIpc) is 2.34. The van der Waals surface area contributed by atoms with Gasteiger partial charge in [-0.2, -0.15) is 0 Å². The van der Waals surface area contributed by atoms with E-state index in [0.717, 1.165) is 0 Å². The minimum atomic E-state index is -3.78. The van der Waals surface area contributed by atoms with Gasteiger partial charge < -0.3 is 9.64 Å². The van der Waals surface area contributed by atoms with Crippen LogP contribution in [0.5, 0.6) is 5.75 Å². The van der Waals surface area contributed by atoms with E-state index in [2.05, 4.69) is 0 Å². The van der Waals surface area contributed by atoms with Crippen molar-refractivity contribution in [1.82, 2.24) is 4.90 Å². The summed E-state index contributed by atoms with van der Waals surface area (Å²) in [4.78, 5) is 12.8. The van der Waals surface area contributed by atoms with Crippen molar-refractivity contribution in [1.29, 1.82) is 0 Å². The minimum absolute atomic E-state index is 0.0178. The Morgan fingerprint density at radius 3 is 2.55 bits per heavy atom. The molecular weight excluding hydrogens is 304 g/mol. The molecule has 1 aromatic rings. The molecule has 0 atom stereocenters. The maximum Gasteiger partial charge on any atom is 0.238 e. The Labute approximate surface area is 123 Å². The van der Waals surface area contributed by atoms with Gasteiger partial charge in [0.25, 0.3) is 0 Å². The summed E-state index contributed by atoms with van der Waals surface area (Å²) in [7, 11) is -0.405. The summed E-state index contributed by atoms with van der Waals surface area (Å²) in [6, 6.07) is 3.99. The van der Waals surface area contributed by atoms with Gasteiger partial charge in [-0.3, -0.25) is 4.79 Å². The Balaban J connectivity index is 2.56. The van der Waals surface area contributed by atoms with E-state index in [1.54, 1.807) is 14.1 Å². The van der Waals surface area contributed by atoms with Crippen LogP contribution in [0.15, 0.2) is 23.1 Å². The number of nitrogens with two attached hydrogens (primary N) is 1. The normalized spacial score (nSPS) is 11.2. The Hall–Kier alpha value is -1.31. The fourth-order valence-corrected chi connectivity index (χ4v) is 2.24. The van der Waals surface area contributed by atoms with Gasteiger partial charge in [-0.15, -0.1) is 0 Å². The number of rotatable bonds is 6. The van der Waals surface area contributed by atoms with Crippen LogP contribution < -0.4 is 9.88 Å². The first-order chi connectivity index (χ1) is 9.21. The fraction of sp³-hybridized carbons (Fsp3) is 0.417. The van der Waals surface area contributed by atoms with E-state index in [0.29, 0.717) is 25.2 Å². The van der Waals surface area contributed by atoms with Crippen molar-refractivity contribution in [3.05, 3.63) is 23.2 Å². The van der Waals surface area contributed by atoms with Crippen LogP contribution in [-0.4, -0.2) is 39.9 Å². The third-order valence-electron chi connectivity index (χ3n) is 2.52. The number of ether oxygens (including phenoxy) is 1. The molecule has 0 aromatic heterocycles. The molecule has 112 valence electrons. The predicted octanol–water partition coefficient (Wildman–Crippen LogP) is 1.23. The van der Waals surface area contributed by atoms with E-state index in [4.69, 9.17) is 21.5 Å². The summed E-state index contributed by atoms with van der Waals surface area (Å²) in [5.41, 5.74) is 0. The Morgan fingerprint density at radius 2 is 2.05 bits per heavy atom. The van der Waals surface area contributed by atoms with Crippen LogP contribution in [-0.2, 0) is 14.8 Å². The molecule has 0 aliphatic carbocycles. The third kappa shape index (κ3) is 4.99. The van der Waals surface area contributed by atoms with Gasteiger partial charge in [0.05, 0.1) is 16.5 Å². The lowest BCUT2D eigenvalue weighted by atomic mass is 10.3. The van der Waals surface area contributed by atoms with Gasteiger partial charge in [-0.25, -0.2) is 13.6 Å². The maximum absolute atomic E-state index is 11.3. The zero-order chi connectivity index (χ0) is 15.3. The summed E-state index contributed by atoms with van der Waals surface area (Å²) in [6.45, 7) is 0.314. The van der Waals surface area contributed by atoms with Crippen molar-refractivity contribution in [2.24, 2.45) is 5.14 Å². The molecular formula is C12H17ClN2O4S. The summed E-state index contributed by atoms with van der Waals surface area (Å²) in [5, 5.41) is 5.15. The number of halogens is 1. The number of amides is 1. The second kappa shape index (κ2) is 6.92. The first kappa shape index (κ1) is 16.7. The molecule has 1 amide bonds. The van der Waals surface area contributed by atoms with E-state index in [-0.39, 0.29) is 15.8 Å². The number of sulfonamides is 1. The highest BCUT2D eigenvalue weighted by molar-refractivity contribution is 7.89. The highest BCUT2D eigenvalue weighted by Gasteiger charge is 2.11. The molecule has 0 fully saturated rings. The number of carbonyl (C=O) groups is 1. The van der Waals surface area contributed by atoms with Gasteiger partial charge in [0.2, 0.25) is 15.9 Å². The molecule has 0 heterocycles. The van der Waals surface area contributed by atoms with Crippen LogP contribution in [0.25, 0.3) is 0 Å². The van der Waals surface area contributed by atoms with Crippen molar-refractivity contribution in [2.75, 3.05) is 20.7 Å². The molecule has 0 saturated carbocycles. The van der Waals surface area contributed by atoms with Crippen molar-refractivity contribution >= 4 is 27.5 Å². The molecule has 0 radical (unpaired) electrons. The molecule has 0 spiro atoms. The summed E-state index contributed by atoms with van der Waals surface area (Å²) < 4.78 is 27.7. The zero-order valence-electron chi connectivity index (χ0n) is 11.3. The molecule has 8 heteroatoms. The fourth-order valence-electron chi connectivity index (χ4n) is 1.40. The second-order valence-electron chi connectivity index (χ2n) is 4.38. The first-order valence-corrected chi connectivity index (χ1v) is 7.79. The lowest BCUT2D eigenvalue weighted by Gasteiger charge is -2.11. The van der Waals surface area contributed by atoms with Crippen LogP contribution >= 0.6 is 11.6 Å². The van der Waals surface area contributed by atoms with E-state index in [1.165, 1.54) is 23.1 Å². The number of benzene rings is 1. The predicted molar refractivity (Wildman–Crippen MR) is 76.2 cm³/mol. The zero-order valence-corrected chi connectivity index (χ0v) is 12.9. The van der Waals surface area contributed by atoms with Crippen LogP contribution in [0.3, 0.4) is 0 Å². The van der Waals surface area contributed by atoms with Gasteiger partial charge >= 0.3 is 0 Å². The van der Waals surface area contributed by atoms with Gasteiger partial charge in [-0.1, -0.05) is 11.6 Å². The van der Waals surface area contributed by atoms with E-state index < -0.39 is 10.0 Å². The molecule has 0 bridgehead atoms. The lowest BCUT2D eigenvalue weighted by Crippen LogP contribution is -2.21. The van der Waals surface area contributed by atoms with Crippen molar-refractivity contribution < 1.29 is 17.9 Å². The van der Waals surface area contributed by atoms with Gasteiger partial charge in [0, 0.05) is 20.5 Å². The number of nitrogens with zero attached hydrogens (tertiary/aromatic N) is 1. The number of hydrogen-bond donors (Lipinski definition) is 1. The summed E-state index contributed by atoms with van der Waals surface area (Å²) >= 11 is 5.91. The summed E-state index contributed by atoms with van der Waals surface area (Å²) in [6.07, 6.45) is 0.921. The smallest absolute Gasteiger partial charge is 0.238 e. The lowest BCUT2D eigenvalue weighted by molar-refractivity contribution is -0.128. The van der Waals surface area contributed by atoms with E-state index >= 15 is 0 Å². The molecule has 2 N–H and O–H groups in total. The van der Waals surface area contributed by atoms with Crippen LogP contribution in [0.1, 0.15) is 12.8 Å². The van der Waals surface area contributed by atoms with Gasteiger partial charge in [0.15, 0.2) is 0 Å². The molecule has 1 rings (SSSR count). The molecule has 0 aliphatic rings. The molecule has 0 unspecified atom stereocenters. The van der Waals surface area contributed by atoms with Crippen molar-refractivity contribution in [3.63, 3.8) is 0 Å². The SMILES string of the molecule is CN(C)C(=O)CCCOc1ccc(S(N)(=O)=O)cc1Cl. The number of primary sulfonamides is 1. The highest BCUT2D eigenvalue weighted by Crippen LogP contribution is 2.27. The molecule has 0 aliphatic heterocycles. The quantitative estimate of drug-likeness (QED) is 0.798. The van der Waals surface area contributed by atoms with Crippen LogP contribution in [0, 0.1) is 0 Å². The minimum Gasteiger partial charge on any atom is -0.492 e. The van der Waals surface area contributed by atoms with E-state index in [9.17, 15) is 13.2 Å². The molecule has 0 saturated heterocycles. The van der Waals surface area contributed by atoms with Gasteiger partial charge in [0.1, 0.15) is 5.75 Å². The molecule has 6 nitrogen and oxygen atoms in total. The topological polar surface area (TPSA) is 89.7 Å². The number of hydrogen-bond acceptors (Lipinski definition) is 4. The van der Waals surface area contributed by atoms with Crippen LogP contribution in [0.2, 0.25) is 5.02 Å². The van der Waals surface area contributed by atoms with Crippen LogP contribution in [0.4, 0.5) is 0 Å². The standard InChI is InChI=1S/C12H17ClN2O4S/c1-15(2)12(16)4-3-7-19-11-6-5-9(8-10(11)13)20(14,17)18/h5-6,8H,3-4,7H2,1-2H3,(H2,14,17,18). The highest BCUT2D eigenvalue weighted by atomic mass is 35.5. The maximum atomic E-state index is 11.3. The largest absolute Gasteiger partial charge is 0.492 e. The third-order valence-corrected chi connectivity index (χ3v) is 3.73. The Kier molecular flexibility index (Phi) is 5.79. The second-order valence-corrected chi connectivity index (χ2v) is 6.35. The first-order valence-electron chi connectivity index (χ1n) is 5.87. The Bertz CT molecular complexity index is 587. The van der Waals surface area contributed by atoms with Crippen molar-refractivity contribution in [3.8, 4) is 5.75 Å². The Morgan fingerprint density at radius 1 is 1.40 bits per heavy atom. The monoisotopic (exact) mass is 320 g/mol.